The van der Waals surface area contributed by atoms with Gasteiger partial charge in [0.1, 0.15) is 0 Å². The molecule has 4 nitrogen and oxygen atoms in total. The van der Waals surface area contributed by atoms with Gasteiger partial charge in [0.15, 0.2) is 0 Å². The second-order valence-electron chi connectivity index (χ2n) is 5.47. The molecule has 2 N–H and O–H groups in total. The summed E-state index contributed by atoms with van der Waals surface area (Å²) in [5.74, 6) is -1.29. The molecule has 1 aliphatic rings. The molecule has 0 aromatic carbocycles. The standard InChI is InChI=1S/C11H21F3N2O2S/c1-8(2)16(19(15,17)18)7-9-3-5-10(6-4-9)11(12,13)14/h8-10H,3-7H2,1-2H3,(H2,15,17,18). The van der Waals surface area contributed by atoms with Crippen LogP contribution in [0.5, 0.6) is 0 Å². The summed E-state index contributed by atoms with van der Waals surface area (Å²) in [7, 11) is -3.79. The molecule has 114 valence electrons. The molecule has 0 heterocycles. The van der Waals surface area contributed by atoms with Gasteiger partial charge in [0.25, 0.3) is 10.2 Å². The third-order valence-corrected chi connectivity index (χ3v) is 4.88. The van der Waals surface area contributed by atoms with E-state index in [9.17, 15) is 21.6 Å². The molecule has 0 unspecified atom stereocenters. The number of halogens is 3. The fourth-order valence-electron chi connectivity index (χ4n) is 2.54. The zero-order valence-electron chi connectivity index (χ0n) is 11.2. The van der Waals surface area contributed by atoms with Crippen molar-refractivity contribution in [1.29, 1.82) is 0 Å². The van der Waals surface area contributed by atoms with E-state index in [1.807, 2.05) is 0 Å². The van der Waals surface area contributed by atoms with Crippen molar-refractivity contribution in [2.75, 3.05) is 6.54 Å². The lowest BCUT2D eigenvalue weighted by Gasteiger charge is -2.33. The maximum absolute atomic E-state index is 12.5. The molecule has 19 heavy (non-hydrogen) atoms. The summed E-state index contributed by atoms with van der Waals surface area (Å²) < 4.78 is 61.5. The van der Waals surface area contributed by atoms with E-state index in [0.717, 1.165) is 4.31 Å². The van der Waals surface area contributed by atoms with E-state index < -0.39 is 22.3 Å². The maximum atomic E-state index is 12.5. The minimum Gasteiger partial charge on any atom is -0.216 e. The third-order valence-electron chi connectivity index (χ3n) is 3.65. The van der Waals surface area contributed by atoms with Gasteiger partial charge in [0, 0.05) is 12.6 Å². The molecule has 8 heteroatoms. The van der Waals surface area contributed by atoms with E-state index in [1.165, 1.54) is 0 Å². The Bertz CT molecular complexity index is 387. The van der Waals surface area contributed by atoms with E-state index in [1.54, 1.807) is 13.8 Å². The van der Waals surface area contributed by atoms with Crippen LogP contribution in [0.4, 0.5) is 13.2 Å². The number of alkyl halides is 3. The fraction of sp³-hybridized carbons (Fsp3) is 1.00. The highest BCUT2D eigenvalue weighted by Gasteiger charge is 2.41. The first-order valence-corrected chi connectivity index (χ1v) is 7.88. The summed E-state index contributed by atoms with van der Waals surface area (Å²) in [6, 6.07) is -0.282. The monoisotopic (exact) mass is 302 g/mol. The van der Waals surface area contributed by atoms with Gasteiger partial charge in [-0.3, -0.25) is 0 Å². The Labute approximate surface area is 112 Å². The molecular formula is C11H21F3N2O2S. The zero-order valence-corrected chi connectivity index (χ0v) is 12.0. The van der Waals surface area contributed by atoms with Gasteiger partial charge in [-0.1, -0.05) is 0 Å². The first-order chi connectivity index (χ1) is 8.51. The van der Waals surface area contributed by atoms with E-state index in [2.05, 4.69) is 0 Å². The van der Waals surface area contributed by atoms with Crippen molar-refractivity contribution < 1.29 is 21.6 Å². The van der Waals surface area contributed by atoms with E-state index >= 15 is 0 Å². The van der Waals surface area contributed by atoms with Gasteiger partial charge in [0.05, 0.1) is 5.92 Å². The molecule has 0 aliphatic heterocycles. The highest BCUT2D eigenvalue weighted by Crippen LogP contribution is 2.39. The van der Waals surface area contributed by atoms with Gasteiger partial charge in [-0.2, -0.15) is 25.9 Å². The van der Waals surface area contributed by atoms with Crippen LogP contribution in [0.2, 0.25) is 0 Å². The van der Waals surface area contributed by atoms with Crippen molar-refractivity contribution in [3.8, 4) is 0 Å². The molecule has 0 aromatic rings. The van der Waals surface area contributed by atoms with Crippen LogP contribution < -0.4 is 5.14 Å². The average molecular weight is 302 g/mol. The van der Waals surface area contributed by atoms with E-state index in [4.69, 9.17) is 5.14 Å². The third kappa shape index (κ3) is 4.92. The molecule has 0 saturated heterocycles. The molecule has 1 fully saturated rings. The Kier molecular flexibility index (Phi) is 5.25. The van der Waals surface area contributed by atoms with Gasteiger partial charge in [-0.15, -0.1) is 0 Å². The summed E-state index contributed by atoms with van der Waals surface area (Å²) in [4.78, 5) is 0. The Morgan fingerprint density at radius 3 is 2.00 bits per heavy atom. The lowest BCUT2D eigenvalue weighted by atomic mass is 9.81. The Morgan fingerprint density at radius 1 is 1.21 bits per heavy atom. The van der Waals surface area contributed by atoms with Crippen molar-refractivity contribution in [1.82, 2.24) is 4.31 Å². The first-order valence-electron chi connectivity index (χ1n) is 6.38. The minimum absolute atomic E-state index is 0.0423. The van der Waals surface area contributed by atoms with Gasteiger partial charge >= 0.3 is 6.18 Å². The van der Waals surface area contributed by atoms with E-state index in [0.29, 0.717) is 12.8 Å². The average Bonchev–Trinajstić information content (AvgIpc) is 2.23. The van der Waals surface area contributed by atoms with Crippen LogP contribution in [0.3, 0.4) is 0 Å². The van der Waals surface area contributed by atoms with Gasteiger partial charge in [-0.05, 0) is 45.4 Å². The van der Waals surface area contributed by atoms with Crippen molar-refractivity contribution in [2.45, 2.75) is 51.7 Å². The van der Waals surface area contributed by atoms with Crippen LogP contribution in [0.1, 0.15) is 39.5 Å². The van der Waals surface area contributed by atoms with Crippen LogP contribution in [-0.4, -0.2) is 31.5 Å². The Hall–Kier alpha value is -0.340. The molecular weight excluding hydrogens is 281 g/mol. The summed E-state index contributed by atoms with van der Waals surface area (Å²) >= 11 is 0. The highest BCUT2D eigenvalue weighted by molar-refractivity contribution is 7.86. The van der Waals surface area contributed by atoms with Crippen molar-refractivity contribution in [3.63, 3.8) is 0 Å². The predicted molar refractivity (Wildman–Crippen MR) is 66.5 cm³/mol. The lowest BCUT2D eigenvalue weighted by molar-refractivity contribution is -0.184. The molecule has 0 amide bonds. The van der Waals surface area contributed by atoms with Crippen LogP contribution >= 0.6 is 0 Å². The molecule has 0 spiro atoms. The quantitative estimate of drug-likeness (QED) is 0.866. The van der Waals surface area contributed by atoms with E-state index in [-0.39, 0.29) is 31.3 Å². The van der Waals surface area contributed by atoms with Gasteiger partial charge < -0.3 is 0 Å². The smallest absolute Gasteiger partial charge is 0.216 e. The Morgan fingerprint density at radius 2 is 1.68 bits per heavy atom. The zero-order chi connectivity index (χ0) is 14.8. The molecule has 0 atom stereocenters. The molecule has 1 saturated carbocycles. The van der Waals surface area contributed by atoms with Crippen LogP contribution in [0.15, 0.2) is 0 Å². The highest BCUT2D eigenvalue weighted by atomic mass is 32.2. The topological polar surface area (TPSA) is 63.4 Å². The molecule has 0 radical (unpaired) electrons. The second-order valence-corrected chi connectivity index (χ2v) is 6.97. The number of nitrogens with zero attached hydrogens (tertiary/aromatic N) is 1. The number of nitrogens with two attached hydrogens (primary N) is 1. The van der Waals surface area contributed by atoms with Crippen molar-refractivity contribution in [3.05, 3.63) is 0 Å². The number of hydrogen-bond donors (Lipinski definition) is 1. The Balaban J connectivity index is 2.57. The van der Waals surface area contributed by atoms with Gasteiger partial charge in [-0.25, -0.2) is 5.14 Å². The lowest BCUT2D eigenvalue weighted by Crippen LogP contribution is -2.45. The summed E-state index contributed by atoms with van der Waals surface area (Å²) in [5, 5.41) is 5.11. The number of rotatable bonds is 4. The van der Waals surface area contributed by atoms with Crippen LogP contribution in [-0.2, 0) is 10.2 Å². The minimum atomic E-state index is -4.14. The normalized spacial score (nSPS) is 26.1. The summed E-state index contributed by atoms with van der Waals surface area (Å²) in [5.41, 5.74) is 0. The summed E-state index contributed by atoms with van der Waals surface area (Å²) in [6.07, 6.45) is -3.20. The predicted octanol–water partition coefficient (Wildman–Crippen LogP) is 2.27. The van der Waals surface area contributed by atoms with Crippen LogP contribution in [0.25, 0.3) is 0 Å². The SMILES string of the molecule is CC(C)N(CC1CCC(C(F)(F)F)CC1)S(N)(=O)=O. The molecule has 1 aliphatic carbocycles. The number of hydrogen-bond acceptors (Lipinski definition) is 2. The van der Waals surface area contributed by atoms with Crippen LogP contribution in [0, 0.1) is 11.8 Å². The molecule has 1 rings (SSSR count). The maximum Gasteiger partial charge on any atom is 0.391 e. The van der Waals surface area contributed by atoms with Crippen molar-refractivity contribution in [2.24, 2.45) is 17.0 Å². The summed E-state index contributed by atoms with van der Waals surface area (Å²) in [6.45, 7) is 3.61. The molecule has 0 bridgehead atoms. The fourth-order valence-corrected chi connectivity index (χ4v) is 3.54. The second kappa shape index (κ2) is 5.97. The first kappa shape index (κ1) is 16.7. The largest absolute Gasteiger partial charge is 0.391 e. The molecule has 0 aromatic heterocycles. The van der Waals surface area contributed by atoms with Gasteiger partial charge in [0.2, 0.25) is 0 Å². The van der Waals surface area contributed by atoms with Crippen molar-refractivity contribution >= 4 is 10.2 Å².